The zero-order chi connectivity index (χ0) is 19.9. The van der Waals surface area contributed by atoms with E-state index in [1.807, 2.05) is 16.8 Å². The third-order valence-electron chi connectivity index (χ3n) is 6.95. The monoisotopic (exact) mass is 394 g/mol. The Morgan fingerprint density at radius 2 is 1.71 bits per heavy atom. The van der Waals surface area contributed by atoms with Gasteiger partial charge in [0.25, 0.3) is 0 Å². The summed E-state index contributed by atoms with van der Waals surface area (Å²) in [5, 5.41) is 12.2. The maximum atomic E-state index is 12.7. The molecule has 0 spiro atoms. The lowest BCUT2D eigenvalue weighted by Crippen LogP contribution is -2.49. The number of carboxylic acids is 1. The number of likely N-dealkylation sites (tertiary alicyclic amines) is 2. The second kappa shape index (κ2) is 10.4. The maximum absolute atomic E-state index is 12.7. The number of aliphatic carboxylic acids is 1. The van der Waals surface area contributed by atoms with Gasteiger partial charge < -0.3 is 15.3 Å². The van der Waals surface area contributed by atoms with Gasteiger partial charge in [0.2, 0.25) is 0 Å². The largest absolute Gasteiger partial charge is 0.480 e. The summed E-state index contributed by atoms with van der Waals surface area (Å²) in [5.41, 5.74) is 0. The molecular formula is C21H38N4O3. The van der Waals surface area contributed by atoms with E-state index < -0.39 is 5.97 Å². The Balaban J connectivity index is 1.43. The van der Waals surface area contributed by atoms with Gasteiger partial charge in [-0.1, -0.05) is 19.3 Å². The van der Waals surface area contributed by atoms with Crippen LogP contribution in [-0.2, 0) is 4.79 Å². The van der Waals surface area contributed by atoms with E-state index in [1.165, 1.54) is 51.5 Å². The lowest BCUT2D eigenvalue weighted by molar-refractivity contribution is -0.138. The molecule has 2 saturated heterocycles. The summed E-state index contributed by atoms with van der Waals surface area (Å²) < 4.78 is 0. The Labute approximate surface area is 169 Å². The number of amides is 2. The van der Waals surface area contributed by atoms with Crippen molar-refractivity contribution in [3.8, 4) is 0 Å². The van der Waals surface area contributed by atoms with Crippen molar-refractivity contribution in [3.05, 3.63) is 0 Å². The molecule has 3 rings (SSSR count). The van der Waals surface area contributed by atoms with E-state index in [1.54, 1.807) is 0 Å². The highest BCUT2D eigenvalue weighted by Crippen LogP contribution is 2.29. The van der Waals surface area contributed by atoms with Crippen LogP contribution in [0, 0.1) is 0 Å². The SMILES string of the molecule is CN(CC(=O)O)C1CCCN(C(=O)NCC2CCCN2C2CCCCC2)CC1. The fourth-order valence-electron chi connectivity index (χ4n) is 5.35. The number of nitrogens with one attached hydrogen (secondary N) is 1. The van der Waals surface area contributed by atoms with Crippen LogP contribution >= 0.6 is 0 Å². The van der Waals surface area contributed by atoms with Crippen LogP contribution in [0.3, 0.4) is 0 Å². The molecule has 3 fully saturated rings. The van der Waals surface area contributed by atoms with Gasteiger partial charge in [0.05, 0.1) is 6.54 Å². The van der Waals surface area contributed by atoms with Gasteiger partial charge in [-0.25, -0.2) is 4.79 Å². The van der Waals surface area contributed by atoms with Gasteiger partial charge in [0.15, 0.2) is 0 Å². The van der Waals surface area contributed by atoms with Crippen molar-refractivity contribution < 1.29 is 14.7 Å². The summed E-state index contributed by atoms with van der Waals surface area (Å²) in [6.45, 7) is 3.48. The Kier molecular flexibility index (Phi) is 7.97. The molecule has 2 amide bonds. The normalized spacial score (nSPS) is 27.7. The molecule has 7 heteroatoms. The maximum Gasteiger partial charge on any atom is 0.317 e. The number of likely N-dealkylation sites (N-methyl/N-ethyl adjacent to an activating group) is 1. The number of hydrogen-bond donors (Lipinski definition) is 2. The number of carbonyl (C=O) groups is 2. The van der Waals surface area contributed by atoms with Crippen LogP contribution in [0.25, 0.3) is 0 Å². The summed E-state index contributed by atoms with van der Waals surface area (Å²) in [6.07, 6.45) is 11.9. The summed E-state index contributed by atoms with van der Waals surface area (Å²) in [6, 6.07) is 1.51. The molecular weight excluding hydrogens is 356 g/mol. The number of carbonyl (C=O) groups excluding carboxylic acids is 1. The number of urea groups is 1. The zero-order valence-electron chi connectivity index (χ0n) is 17.4. The smallest absolute Gasteiger partial charge is 0.317 e. The first kappa shape index (κ1) is 21.4. The van der Waals surface area contributed by atoms with Crippen LogP contribution in [0.15, 0.2) is 0 Å². The van der Waals surface area contributed by atoms with E-state index in [2.05, 4.69) is 10.2 Å². The van der Waals surface area contributed by atoms with Crippen LogP contribution in [0.4, 0.5) is 4.79 Å². The zero-order valence-corrected chi connectivity index (χ0v) is 17.4. The molecule has 0 aromatic carbocycles. The first-order valence-electron chi connectivity index (χ1n) is 11.2. The van der Waals surface area contributed by atoms with E-state index in [9.17, 15) is 9.59 Å². The van der Waals surface area contributed by atoms with Crippen molar-refractivity contribution in [1.29, 1.82) is 0 Å². The minimum absolute atomic E-state index is 0.0528. The highest BCUT2D eigenvalue weighted by Gasteiger charge is 2.32. The number of rotatable bonds is 6. The molecule has 2 unspecified atom stereocenters. The topological polar surface area (TPSA) is 76.1 Å². The Morgan fingerprint density at radius 1 is 0.964 bits per heavy atom. The molecule has 0 radical (unpaired) electrons. The average Bonchev–Trinajstić information content (AvgIpc) is 3.01. The first-order valence-corrected chi connectivity index (χ1v) is 11.2. The van der Waals surface area contributed by atoms with Crippen molar-refractivity contribution in [2.75, 3.05) is 39.8 Å². The van der Waals surface area contributed by atoms with Gasteiger partial charge in [0, 0.05) is 37.8 Å². The predicted octanol–water partition coefficient (Wildman–Crippen LogP) is 2.36. The minimum atomic E-state index is -0.791. The van der Waals surface area contributed by atoms with Gasteiger partial charge in [-0.05, 0) is 58.5 Å². The second-order valence-electron chi connectivity index (χ2n) is 8.89. The van der Waals surface area contributed by atoms with Crippen LogP contribution in [0.1, 0.15) is 64.2 Å². The summed E-state index contributed by atoms with van der Waals surface area (Å²) >= 11 is 0. The molecule has 2 atom stereocenters. The highest BCUT2D eigenvalue weighted by molar-refractivity contribution is 5.74. The molecule has 160 valence electrons. The molecule has 2 heterocycles. The van der Waals surface area contributed by atoms with Gasteiger partial charge >= 0.3 is 12.0 Å². The van der Waals surface area contributed by atoms with Crippen LogP contribution < -0.4 is 5.32 Å². The third-order valence-corrected chi connectivity index (χ3v) is 6.95. The molecule has 0 aromatic rings. The van der Waals surface area contributed by atoms with Crippen LogP contribution in [-0.4, -0.2) is 89.7 Å². The predicted molar refractivity (Wildman–Crippen MR) is 109 cm³/mol. The third kappa shape index (κ3) is 5.83. The minimum Gasteiger partial charge on any atom is -0.480 e. The molecule has 2 N–H and O–H groups in total. The van der Waals surface area contributed by atoms with Crippen LogP contribution in [0.5, 0.6) is 0 Å². The van der Waals surface area contributed by atoms with E-state index in [0.717, 1.165) is 38.4 Å². The molecule has 0 bridgehead atoms. The lowest BCUT2D eigenvalue weighted by atomic mass is 9.94. The van der Waals surface area contributed by atoms with Crippen molar-refractivity contribution in [2.45, 2.75) is 82.3 Å². The second-order valence-corrected chi connectivity index (χ2v) is 8.89. The average molecular weight is 395 g/mol. The van der Waals surface area contributed by atoms with Crippen molar-refractivity contribution in [3.63, 3.8) is 0 Å². The van der Waals surface area contributed by atoms with Gasteiger partial charge in [-0.3, -0.25) is 14.6 Å². The Hall–Kier alpha value is -1.34. The molecule has 7 nitrogen and oxygen atoms in total. The molecule has 1 saturated carbocycles. The fraction of sp³-hybridized carbons (Fsp3) is 0.905. The Morgan fingerprint density at radius 3 is 2.46 bits per heavy atom. The number of hydrogen-bond acceptors (Lipinski definition) is 4. The number of carboxylic acid groups (broad SMARTS) is 1. The Bertz CT molecular complexity index is 524. The molecule has 2 aliphatic heterocycles. The van der Waals surface area contributed by atoms with E-state index in [4.69, 9.17) is 5.11 Å². The number of nitrogens with zero attached hydrogens (tertiary/aromatic N) is 3. The fourth-order valence-corrected chi connectivity index (χ4v) is 5.35. The van der Waals surface area contributed by atoms with E-state index in [-0.39, 0.29) is 18.6 Å². The van der Waals surface area contributed by atoms with Crippen molar-refractivity contribution in [2.24, 2.45) is 0 Å². The highest BCUT2D eigenvalue weighted by atomic mass is 16.4. The van der Waals surface area contributed by atoms with Crippen molar-refractivity contribution >= 4 is 12.0 Å². The van der Waals surface area contributed by atoms with Crippen molar-refractivity contribution in [1.82, 2.24) is 20.0 Å². The molecule has 1 aliphatic carbocycles. The van der Waals surface area contributed by atoms with E-state index >= 15 is 0 Å². The van der Waals surface area contributed by atoms with Gasteiger partial charge in [0.1, 0.15) is 0 Å². The summed E-state index contributed by atoms with van der Waals surface area (Å²) in [5.74, 6) is -0.791. The van der Waals surface area contributed by atoms with Crippen LogP contribution in [0.2, 0.25) is 0 Å². The lowest BCUT2D eigenvalue weighted by Gasteiger charge is -2.36. The van der Waals surface area contributed by atoms with Gasteiger partial charge in [-0.2, -0.15) is 0 Å². The summed E-state index contributed by atoms with van der Waals surface area (Å²) in [4.78, 5) is 30.2. The first-order chi connectivity index (χ1) is 13.5. The molecule has 3 aliphatic rings. The van der Waals surface area contributed by atoms with Gasteiger partial charge in [-0.15, -0.1) is 0 Å². The summed E-state index contributed by atoms with van der Waals surface area (Å²) in [7, 11) is 1.87. The molecule has 28 heavy (non-hydrogen) atoms. The molecule has 0 aromatic heterocycles. The van der Waals surface area contributed by atoms with E-state index in [0.29, 0.717) is 12.6 Å². The quantitative estimate of drug-likeness (QED) is 0.723. The standard InChI is InChI=1S/C21H38N4O3/c1-23(16-20(26)27)17-9-5-12-24(14-11-17)21(28)22-15-19-10-6-13-25(19)18-7-3-2-4-8-18/h17-19H,2-16H2,1H3,(H,22,28)(H,26,27).